The molecule has 1 aliphatic carbocycles. The molecule has 0 spiro atoms. The number of likely N-dealkylation sites (tertiary alicyclic amines) is 1. The lowest BCUT2D eigenvalue weighted by Gasteiger charge is -2.37. The number of nitrogens with two attached hydrogens (primary N) is 1. The van der Waals surface area contributed by atoms with Crippen molar-refractivity contribution in [3.63, 3.8) is 0 Å². The molecule has 0 bridgehead atoms. The van der Waals surface area contributed by atoms with E-state index >= 15 is 0 Å². The lowest BCUT2D eigenvalue weighted by Crippen LogP contribution is -2.43. The second kappa shape index (κ2) is 6.91. The van der Waals surface area contributed by atoms with E-state index in [9.17, 15) is 0 Å². The summed E-state index contributed by atoms with van der Waals surface area (Å²) < 4.78 is 0. The fraction of sp³-hybridized carbons (Fsp3) is 1.00. The molecular weight excluding hydrogens is 220 g/mol. The average molecular weight is 252 g/mol. The number of hydrogen-bond acceptors (Lipinski definition) is 2. The number of rotatable bonds is 3. The minimum absolute atomic E-state index is 0.466. The molecule has 18 heavy (non-hydrogen) atoms. The van der Waals surface area contributed by atoms with E-state index in [2.05, 4.69) is 18.7 Å². The van der Waals surface area contributed by atoms with Gasteiger partial charge in [-0.3, -0.25) is 0 Å². The summed E-state index contributed by atoms with van der Waals surface area (Å²) in [6.45, 7) is 8.63. The first kappa shape index (κ1) is 14.3. The molecule has 0 aromatic rings. The number of hydrogen-bond donors (Lipinski definition) is 1. The average Bonchev–Trinajstić information content (AvgIpc) is 2.57. The third kappa shape index (κ3) is 3.96. The Labute approximate surface area is 113 Å². The van der Waals surface area contributed by atoms with Gasteiger partial charge in [0.25, 0.3) is 0 Å². The second-order valence-electron chi connectivity index (χ2n) is 6.85. The summed E-state index contributed by atoms with van der Waals surface area (Å²) in [6.07, 6.45) is 9.55. The van der Waals surface area contributed by atoms with Crippen LogP contribution < -0.4 is 5.73 Å². The highest BCUT2D eigenvalue weighted by atomic mass is 15.1. The molecule has 2 nitrogen and oxygen atoms in total. The van der Waals surface area contributed by atoms with Crippen LogP contribution in [0, 0.1) is 17.8 Å². The zero-order chi connectivity index (χ0) is 13.0. The van der Waals surface area contributed by atoms with Gasteiger partial charge in [0, 0.05) is 12.6 Å². The molecule has 2 rings (SSSR count). The molecule has 4 unspecified atom stereocenters. The van der Waals surface area contributed by atoms with Crippen molar-refractivity contribution < 1.29 is 0 Å². The summed E-state index contributed by atoms with van der Waals surface area (Å²) in [7, 11) is 0. The molecule has 1 saturated heterocycles. The van der Waals surface area contributed by atoms with Crippen LogP contribution in [0.2, 0.25) is 0 Å². The molecule has 0 aromatic heterocycles. The Kier molecular flexibility index (Phi) is 5.50. The van der Waals surface area contributed by atoms with Crippen molar-refractivity contribution in [1.82, 2.24) is 4.90 Å². The monoisotopic (exact) mass is 252 g/mol. The van der Waals surface area contributed by atoms with E-state index in [0.717, 1.165) is 17.8 Å². The maximum atomic E-state index is 6.35. The predicted octanol–water partition coefficient (Wildman–Crippen LogP) is 3.26. The molecular formula is C16H32N2. The van der Waals surface area contributed by atoms with Crippen LogP contribution in [0.4, 0.5) is 0 Å². The summed E-state index contributed by atoms with van der Waals surface area (Å²) in [6, 6.07) is 0.466. The normalized spacial score (nSPS) is 39.5. The Morgan fingerprint density at radius 3 is 2.72 bits per heavy atom. The van der Waals surface area contributed by atoms with Crippen molar-refractivity contribution in [2.45, 2.75) is 64.8 Å². The number of nitrogens with zero attached hydrogens (tertiary/aromatic N) is 1. The third-order valence-electron chi connectivity index (χ3n) is 5.33. The zero-order valence-corrected chi connectivity index (χ0v) is 12.4. The van der Waals surface area contributed by atoms with Crippen LogP contribution in [-0.2, 0) is 0 Å². The van der Waals surface area contributed by atoms with Crippen molar-refractivity contribution >= 4 is 0 Å². The molecule has 106 valence electrons. The van der Waals surface area contributed by atoms with Crippen LogP contribution in [0.1, 0.15) is 58.8 Å². The Morgan fingerprint density at radius 2 is 1.94 bits per heavy atom. The Morgan fingerprint density at radius 1 is 1.11 bits per heavy atom. The van der Waals surface area contributed by atoms with Crippen molar-refractivity contribution in [1.29, 1.82) is 0 Å². The Hall–Kier alpha value is -0.0800. The lowest BCUT2D eigenvalue weighted by atomic mass is 9.77. The van der Waals surface area contributed by atoms with Gasteiger partial charge in [0.1, 0.15) is 0 Å². The zero-order valence-electron chi connectivity index (χ0n) is 12.4. The van der Waals surface area contributed by atoms with E-state index in [1.165, 1.54) is 64.6 Å². The summed E-state index contributed by atoms with van der Waals surface area (Å²) in [5.41, 5.74) is 6.35. The molecule has 1 saturated carbocycles. The topological polar surface area (TPSA) is 29.3 Å². The summed E-state index contributed by atoms with van der Waals surface area (Å²) >= 11 is 0. The van der Waals surface area contributed by atoms with E-state index in [1.54, 1.807) is 0 Å². The fourth-order valence-electron chi connectivity index (χ4n) is 3.80. The van der Waals surface area contributed by atoms with Gasteiger partial charge in [0.05, 0.1) is 0 Å². The van der Waals surface area contributed by atoms with Crippen molar-refractivity contribution in [3.8, 4) is 0 Å². The molecule has 1 aliphatic heterocycles. The van der Waals surface area contributed by atoms with Gasteiger partial charge in [-0.1, -0.05) is 20.3 Å². The minimum atomic E-state index is 0.466. The van der Waals surface area contributed by atoms with Gasteiger partial charge < -0.3 is 10.6 Å². The maximum Gasteiger partial charge on any atom is 0.00795 e. The van der Waals surface area contributed by atoms with Crippen LogP contribution in [0.25, 0.3) is 0 Å². The van der Waals surface area contributed by atoms with E-state index in [1.807, 2.05) is 0 Å². The highest BCUT2D eigenvalue weighted by Gasteiger charge is 2.29. The molecule has 2 aliphatic rings. The second-order valence-corrected chi connectivity index (χ2v) is 6.85. The van der Waals surface area contributed by atoms with Gasteiger partial charge in [0.2, 0.25) is 0 Å². The quantitative estimate of drug-likeness (QED) is 0.835. The first-order chi connectivity index (χ1) is 8.69. The van der Waals surface area contributed by atoms with E-state index in [4.69, 9.17) is 5.73 Å². The van der Waals surface area contributed by atoms with Crippen LogP contribution in [-0.4, -0.2) is 30.6 Å². The Bertz CT molecular complexity index is 241. The van der Waals surface area contributed by atoms with E-state index in [-0.39, 0.29) is 0 Å². The predicted molar refractivity (Wildman–Crippen MR) is 78.6 cm³/mol. The van der Waals surface area contributed by atoms with Crippen LogP contribution in [0.15, 0.2) is 0 Å². The van der Waals surface area contributed by atoms with Crippen molar-refractivity contribution in [2.75, 3.05) is 19.6 Å². The van der Waals surface area contributed by atoms with E-state index < -0.39 is 0 Å². The van der Waals surface area contributed by atoms with Crippen LogP contribution >= 0.6 is 0 Å². The van der Waals surface area contributed by atoms with Gasteiger partial charge in [-0.25, -0.2) is 0 Å². The molecule has 2 fully saturated rings. The van der Waals surface area contributed by atoms with E-state index in [0.29, 0.717) is 6.04 Å². The molecule has 2 heteroatoms. The summed E-state index contributed by atoms with van der Waals surface area (Å²) in [4.78, 5) is 2.70. The highest BCUT2D eigenvalue weighted by molar-refractivity contribution is 4.84. The Balaban J connectivity index is 1.83. The van der Waals surface area contributed by atoms with Gasteiger partial charge in [-0.2, -0.15) is 0 Å². The van der Waals surface area contributed by atoms with Crippen molar-refractivity contribution in [2.24, 2.45) is 23.5 Å². The summed E-state index contributed by atoms with van der Waals surface area (Å²) in [5, 5.41) is 0. The van der Waals surface area contributed by atoms with Crippen LogP contribution in [0.3, 0.4) is 0 Å². The molecule has 0 radical (unpaired) electrons. The highest BCUT2D eigenvalue weighted by Crippen LogP contribution is 2.31. The SMILES string of the molecule is CCC1CCC(N)C(CN2CCCC(C)CC2)C1. The molecule has 0 amide bonds. The van der Waals surface area contributed by atoms with Crippen LogP contribution in [0.5, 0.6) is 0 Å². The lowest BCUT2D eigenvalue weighted by molar-refractivity contribution is 0.156. The fourth-order valence-corrected chi connectivity index (χ4v) is 3.80. The van der Waals surface area contributed by atoms with Gasteiger partial charge in [0.15, 0.2) is 0 Å². The molecule has 0 aromatic carbocycles. The van der Waals surface area contributed by atoms with Gasteiger partial charge in [-0.15, -0.1) is 0 Å². The third-order valence-corrected chi connectivity index (χ3v) is 5.33. The largest absolute Gasteiger partial charge is 0.327 e. The standard InChI is InChI=1S/C16H32N2/c1-3-14-6-7-16(17)15(11-14)12-18-9-4-5-13(2)8-10-18/h13-16H,3-12,17H2,1-2H3. The minimum Gasteiger partial charge on any atom is -0.327 e. The van der Waals surface area contributed by atoms with Crippen molar-refractivity contribution in [3.05, 3.63) is 0 Å². The maximum absolute atomic E-state index is 6.35. The van der Waals surface area contributed by atoms with Gasteiger partial charge in [-0.05, 0) is 69.4 Å². The molecule has 4 atom stereocenters. The molecule has 2 N–H and O–H groups in total. The van der Waals surface area contributed by atoms with Gasteiger partial charge >= 0.3 is 0 Å². The first-order valence-corrected chi connectivity index (χ1v) is 8.17. The molecule has 1 heterocycles. The summed E-state index contributed by atoms with van der Waals surface area (Å²) in [5.74, 6) is 2.64. The first-order valence-electron chi connectivity index (χ1n) is 8.17. The smallest absolute Gasteiger partial charge is 0.00795 e.